The minimum absolute atomic E-state index is 0. The highest BCUT2D eigenvalue weighted by Gasteiger charge is 2.44. The highest BCUT2D eigenvalue weighted by Crippen LogP contribution is 2.25. The summed E-state index contributed by atoms with van der Waals surface area (Å²) < 4.78 is 70.8. The molecule has 8 nitrogen and oxygen atoms in total. The van der Waals surface area contributed by atoms with Gasteiger partial charge in [-0.1, -0.05) is 0 Å². The zero-order valence-corrected chi connectivity index (χ0v) is 15.6. The molecule has 0 amide bonds. The van der Waals surface area contributed by atoms with Gasteiger partial charge >= 0.3 is 12.1 Å². The molecule has 0 saturated carbocycles. The lowest BCUT2D eigenvalue weighted by molar-refractivity contribution is -0.182. The number of hydrogen-bond donors (Lipinski definition) is 2. The third-order valence-electron chi connectivity index (χ3n) is 3.70. The van der Waals surface area contributed by atoms with Crippen molar-refractivity contribution in [2.45, 2.75) is 18.6 Å². The van der Waals surface area contributed by atoms with Crippen molar-refractivity contribution in [3.05, 3.63) is 0 Å². The summed E-state index contributed by atoms with van der Waals surface area (Å²) in [5.74, 6) is -0.606. The number of carbonyl (C=O) groups is 1. The van der Waals surface area contributed by atoms with Crippen molar-refractivity contribution in [1.29, 1.82) is 0 Å². The van der Waals surface area contributed by atoms with Gasteiger partial charge in [0.2, 0.25) is 0 Å². The number of methoxy groups -OCH3 is 1. The number of nitrogens with one attached hydrogen (secondary N) is 2. The van der Waals surface area contributed by atoms with E-state index < -0.39 is 34.9 Å². The molecule has 1 saturated heterocycles. The Balaban J connectivity index is 0.00000576. The summed E-state index contributed by atoms with van der Waals surface area (Å²) >= 11 is 0. The Labute approximate surface area is 151 Å². The van der Waals surface area contributed by atoms with Gasteiger partial charge in [-0.25, -0.2) is 4.72 Å². The van der Waals surface area contributed by atoms with Gasteiger partial charge < -0.3 is 10.1 Å². The summed E-state index contributed by atoms with van der Waals surface area (Å²) in [6.45, 7) is 0.228. The second-order valence-electron chi connectivity index (χ2n) is 5.34. The molecule has 1 rings (SSSR count). The number of rotatable bonds is 8. The number of alkyl halides is 3. The number of carbonyl (C=O) groups excluding carboxylic acids is 1. The predicted octanol–water partition coefficient (Wildman–Crippen LogP) is -0.426. The van der Waals surface area contributed by atoms with Crippen molar-refractivity contribution < 1.29 is 31.1 Å². The van der Waals surface area contributed by atoms with Gasteiger partial charge in [-0.3, -0.25) is 9.69 Å². The van der Waals surface area contributed by atoms with Crippen LogP contribution in [0.5, 0.6) is 0 Å². The molecule has 0 radical (unpaired) electrons. The Morgan fingerprint density at radius 3 is 2.40 bits per heavy atom. The Hall–Kier alpha value is -0.660. The Morgan fingerprint density at radius 2 is 1.92 bits per heavy atom. The lowest BCUT2D eigenvalue weighted by Crippen LogP contribution is -2.58. The third-order valence-corrected chi connectivity index (χ3v) is 5.23. The number of nitrogens with zero attached hydrogens (tertiary/aromatic N) is 2. The van der Waals surface area contributed by atoms with E-state index in [4.69, 9.17) is 0 Å². The summed E-state index contributed by atoms with van der Waals surface area (Å²) in [6, 6.07) is -1.90. The van der Waals surface area contributed by atoms with E-state index in [2.05, 4.69) is 10.1 Å². The van der Waals surface area contributed by atoms with Crippen molar-refractivity contribution >= 4 is 28.6 Å². The quantitative estimate of drug-likeness (QED) is 0.526. The van der Waals surface area contributed by atoms with E-state index in [0.29, 0.717) is 13.1 Å². The minimum Gasteiger partial charge on any atom is -0.469 e. The molecule has 1 atom stereocenters. The normalized spacial score (nSPS) is 17.8. The van der Waals surface area contributed by atoms with Gasteiger partial charge in [0.25, 0.3) is 10.2 Å². The SMILES string of the molecule is COC(=O)CCN(C)S(=O)(=O)NCC(N1CCNCC1)C(F)(F)F.Cl. The Bertz CT molecular complexity index is 515. The molecule has 0 spiro atoms. The summed E-state index contributed by atoms with van der Waals surface area (Å²) in [6.07, 6.45) is -4.74. The third kappa shape index (κ3) is 8.05. The maximum Gasteiger partial charge on any atom is 0.405 e. The second kappa shape index (κ2) is 10.5. The molecule has 1 aliphatic rings. The van der Waals surface area contributed by atoms with Gasteiger partial charge in [0.15, 0.2) is 0 Å². The van der Waals surface area contributed by atoms with Gasteiger partial charge in [-0.2, -0.15) is 25.9 Å². The van der Waals surface area contributed by atoms with Crippen LogP contribution in [0.1, 0.15) is 6.42 Å². The number of hydrogen-bond acceptors (Lipinski definition) is 6. The lowest BCUT2D eigenvalue weighted by Gasteiger charge is -2.36. The smallest absolute Gasteiger partial charge is 0.405 e. The molecular formula is C12H24ClF3N4O4S. The Kier molecular flexibility index (Phi) is 10.2. The molecule has 2 N–H and O–H groups in total. The van der Waals surface area contributed by atoms with E-state index >= 15 is 0 Å². The van der Waals surface area contributed by atoms with Crippen LogP contribution in [0.25, 0.3) is 0 Å². The van der Waals surface area contributed by atoms with Gasteiger partial charge in [0.05, 0.1) is 13.5 Å². The molecule has 1 unspecified atom stereocenters. The van der Waals surface area contributed by atoms with E-state index in [1.54, 1.807) is 0 Å². The second-order valence-corrected chi connectivity index (χ2v) is 7.21. The topological polar surface area (TPSA) is 91.0 Å². The molecule has 1 heterocycles. The van der Waals surface area contributed by atoms with Crippen molar-refractivity contribution in [3.8, 4) is 0 Å². The summed E-state index contributed by atoms with van der Waals surface area (Å²) in [4.78, 5) is 12.2. The molecule has 150 valence electrons. The van der Waals surface area contributed by atoms with Crippen molar-refractivity contribution in [3.63, 3.8) is 0 Å². The number of ether oxygens (including phenoxy) is 1. The highest BCUT2D eigenvalue weighted by atomic mass is 35.5. The van der Waals surface area contributed by atoms with Crippen LogP contribution in [0.3, 0.4) is 0 Å². The Morgan fingerprint density at radius 1 is 1.36 bits per heavy atom. The van der Waals surface area contributed by atoms with Gasteiger partial charge in [-0.15, -0.1) is 12.4 Å². The van der Waals surface area contributed by atoms with Gasteiger partial charge in [-0.05, 0) is 0 Å². The molecule has 0 aromatic carbocycles. The van der Waals surface area contributed by atoms with Gasteiger partial charge in [0, 0.05) is 46.3 Å². The van der Waals surface area contributed by atoms with Crippen LogP contribution < -0.4 is 10.0 Å². The monoisotopic (exact) mass is 412 g/mol. The van der Waals surface area contributed by atoms with Crippen molar-refractivity contribution in [2.24, 2.45) is 0 Å². The van der Waals surface area contributed by atoms with Gasteiger partial charge in [0.1, 0.15) is 6.04 Å². The van der Waals surface area contributed by atoms with Crippen LogP contribution in [0.15, 0.2) is 0 Å². The average molecular weight is 413 g/mol. The molecular weight excluding hydrogens is 389 g/mol. The first-order valence-electron chi connectivity index (χ1n) is 7.37. The first-order valence-corrected chi connectivity index (χ1v) is 8.81. The molecule has 0 aromatic heterocycles. The lowest BCUT2D eigenvalue weighted by atomic mass is 10.2. The standard InChI is InChI=1S/C12H23F3N4O4S.ClH/c1-18(6-3-11(20)23-2)24(21,22)17-9-10(12(13,14)15)19-7-4-16-5-8-19;/h10,16-17H,3-9H2,1-2H3;1H. The van der Waals surface area contributed by atoms with Crippen LogP contribution in [-0.4, -0.2) is 89.2 Å². The van der Waals surface area contributed by atoms with E-state index in [-0.39, 0.29) is 38.5 Å². The fraction of sp³-hybridized carbons (Fsp3) is 0.917. The molecule has 25 heavy (non-hydrogen) atoms. The fourth-order valence-electron chi connectivity index (χ4n) is 2.21. The summed E-state index contributed by atoms with van der Waals surface area (Å²) in [7, 11) is -1.78. The van der Waals surface area contributed by atoms with E-state index in [1.807, 2.05) is 4.72 Å². The minimum atomic E-state index is -4.55. The maximum atomic E-state index is 13.2. The zero-order valence-electron chi connectivity index (χ0n) is 14.0. The highest BCUT2D eigenvalue weighted by molar-refractivity contribution is 7.87. The van der Waals surface area contributed by atoms with Crippen LogP contribution in [0.2, 0.25) is 0 Å². The van der Waals surface area contributed by atoms with E-state index in [9.17, 15) is 26.4 Å². The largest absolute Gasteiger partial charge is 0.469 e. The first-order chi connectivity index (χ1) is 11.1. The maximum absolute atomic E-state index is 13.2. The zero-order chi connectivity index (χ0) is 18.4. The van der Waals surface area contributed by atoms with Crippen LogP contribution in [0, 0.1) is 0 Å². The first kappa shape index (κ1) is 24.3. The van der Waals surface area contributed by atoms with Crippen LogP contribution in [0.4, 0.5) is 13.2 Å². The van der Waals surface area contributed by atoms with Crippen LogP contribution in [-0.2, 0) is 19.7 Å². The van der Waals surface area contributed by atoms with Crippen LogP contribution >= 0.6 is 12.4 Å². The molecule has 0 aliphatic carbocycles. The van der Waals surface area contributed by atoms with Crippen molar-refractivity contribution in [2.75, 3.05) is 53.4 Å². The number of esters is 1. The van der Waals surface area contributed by atoms with E-state index in [0.717, 1.165) is 11.4 Å². The fourth-order valence-corrected chi connectivity index (χ4v) is 3.13. The average Bonchev–Trinajstić information content (AvgIpc) is 2.51. The molecule has 13 heteroatoms. The number of halogens is 4. The molecule has 1 fully saturated rings. The predicted molar refractivity (Wildman–Crippen MR) is 87.7 cm³/mol. The van der Waals surface area contributed by atoms with E-state index in [1.165, 1.54) is 11.9 Å². The summed E-state index contributed by atoms with van der Waals surface area (Å²) in [5.41, 5.74) is 0. The number of piperazine rings is 1. The summed E-state index contributed by atoms with van der Waals surface area (Å²) in [5, 5.41) is 2.94. The molecule has 0 bridgehead atoms. The molecule has 1 aliphatic heterocycles. The van der Waals surface area contributed by atoms with Crippen molar-refractivity contribution in [1.82, 2.24) is 19.2 Å². The molecule has 0 aromatic rings.